The molecule has 4 nitrogen and oxygen atoms in total. The van der Waals surface area contributed by atoms with Crippen molar-refractivity contribution < 1.29 is 13.5 Å². The summed E-state index contributed by atoms with van der Waals surface area (Å²) in [4.78, 5) is 0. The first-order valence-electron chi connectivity index (χ1n) is 6.15. The van der Waals surface area contributed by atoms with E-state index >= 15 is 0 Å². The van der Waals surface area contributed by atoms with Crippen molar-refractivity contribution in [3.8, 4) is 0 Å². The lowest BCUT2D eigenvalue weighted by Crippen LogP contribution is -2.33. The maximum atomic E-state index is 11.8. The first-order valence-corrected chi connectivity index (χ1v) is 7.70. The van der Waals surface area contributed by atoms with Crippen LogP contribution in [0.4, 0.5) is 0 Å². The Morgan fingerprint density at radius 2 is 2.00 bits per heavy atom. The van der Waals surface area contributed by atoms with Crippen molar-refractivity contribution in [2.75, 3.05) is 13.2 Å². The number of sulfonamides is 1. The number of nitrogens with one attached hydrogen (secondary N) is 1. The Hall–Kier alpha value is -0.130. The van der Waals surface area contributed by atoms with Gasteiger partial charge in [-0.25, -0.2) is 13.1 Å². The molecule has 1 aliphatic rings. The number of aliphatic hydroxyl groups excluding tert-OH is 1. The van der Waals surface area contributed by atoms with Crippen molar-refractivity contribution in [3.05, 3.63) is 0 Å². The van der Waals surface area contributed by atoms with E-state index in [4.69, 9.17) is 5.11 Å². The molecule has 0 aliphatic heterocycles. The Balaban J connectivity index is 2.20. The van der Waals surface area contributed by atoms with Gasteiger partial charge in [0.1, 0.15) is 0 Å². The second kappa shape index (κ2) is 6.57. The largest absolute Gasteiger partial charge is 0.396 e. The van der Waals surface area contributed by atoms with Crippen LogP contribution in [-0.4, -0.2) is 31.9 Å². The summed E-state index contributed by atoms with van der Waals surface area (Å²) >= 11 is 0. The van der Waals surface area contributed by atoms with Crippen LogP contribution < -0.4 is 4.72 Å². The van der Waals surface area contributed by atoms with Crippen LogP contribution in [0.5, 0.6) is 0 Å². The predicted molar refractivity (Wildman–Crippen MR) is 64.7 cm³/mol. The fraction of sp³-hybridized carbons (Fsp3) is 1.00. The summed E-state index contributed by atoms with van der Waals surface area (Å²) in [6.07, 6.45) is 5.35. The second-order valence-corrected chi connectivity index (χ2v) is 6.82. The molecule has 1 rings (SSSR count). The molecule has 0 amide bonds. The molecule has 1 fully saturated rings. The summed E-state index contributed by atoms with van der Waals surface area (Å²) in [5.41, 5.74) is 0. The van der Waals surface area contributed by atoms with Gasteiger partial charge in [-0.2, -0.15) is 0 Å². The van der Waals surface area contributed by atoms with E-state index in [1.54, 1.807) is 0 Å². The van der Waals surface area contributed by atoms with Gasteiger partial charge in [-0.15, -0.1) is 0 Å². The van der Waals surface area contributed by atoms with E-state index in [1.807, 2.05) is 6.92 Å². The molecule has 1 aliphatic carbocycles. The zero-order valence-electron chi connectivity index (χ0n) is 9.98. The molecular formula is C11H23NO3S. The summed E-state index contributed by atoms with van der Waals surface area (Å²) in [6.45, 7) is 2.64. The zero-order valence-corrected chi connectivity index (χ0v) is 10.8. The molecule has 1 unspecified atom stereocenters. The number of hydrogen-bond acceptors (Lipinski definition) is 3. The van der Waals surface area contributed by atoms with E-state index < -0.39 is 10.0 Å². The number of hydrogen-bond donors (Lipinski definition) is 2. The minimum Gasteiger partial charge on any atom is -0.396 e. The number of rotatable bonds is 7. The molecule has 5 heteroatoms. The monoisotopic (exact) mass is 249 g/mol. The highest BCUT2D eigenvalue weighted by molar-refractivity contribution is 7.90. The Labute approximate surface area is 98.5 Å². The van der Waals surface area contributed by atoms with Crippen LogP contribution >= 0.6 is 0 Å². The van der Waals surface area contributed by atoms with E-state index in [0.29, 0.717) is 6.54 Å². The molecule has 0 saturated heterocycles. The molecular weight excluding hydrogens is 226 g/mol. The highest BCUT2D eigenvalue weighted by Gasteiger charge is 2.27. The van der Waals surface area contributed by atoms with Crippen molar-refractivity contribution >= 4 is 10.0 Å². The predicted octanol–water partition coefficient (Wildman–Crippen LogP) is 1.26. The average molecular weight is 249 g/mol. The molecule has 0 heterocycles. The summed E-state index contributed by atoms with van der Waals surface area (Å²) in [5.74, 6) is 0.260. The molecule has 96 valence electrons. The van der Waals surface area contributed by atoms with Crippen LogP contribution in [0, 0.1) is 5.92 Å². The quantitative estimate of drug-likeness (QED) is 0.667. The van der Waals surface area contributed by atoms with Crippen molar-refractivity contribution in [2.45, 2.75) is 50.7 Å². The van der Waals surface area contributed by atoms with Crippen LogP contribution in [0.3, 0.4) is 0 Å². The van der Waals surface area contributed by atoms with E-state index in [1.165, 1.54) is 0 Å². The molecule has 1 atom stereocenters. The van der Waals surface area contributed by atoms with Crippen molar-refractivity contribution in [1.29, 1.82) is 0 Å². The van der Waals surface area contributed by atoms with Crippen LogP contribution in [0.15, 0.2) is 0 Å². The van der Waals surface area contributed by atoms with Crippen LogP contribution in [0.2, 0.25) is 0 Å². The molecule has 2 N–H and O–H groups in total. The van der Waals surface area contributed by atoms with Gasteiger partial charge in [0.2, 0.25) is 10.0 Å². The maximum Gasteiger partial charge on any atom is 0.214 e. The molecule has 0 bridgehead atoms. The third-order valence-electron chi connectivity index (χ3n) is 3.23. The van der Waals surface area contributed by atoms with Gasteiger partial charge in [-0.05, 0) is 31.6 Å². The van der Waals surface area contributed by atoms with E-state index in [-0.39, 0.29) is 17.8 Å². The third kappa shape index (κ3) is 4.39. The Morgan fingerprint density at radius 1 is 1.38 bits per heavy atom. The fourth-order valence-corrected chi connectivity index (χ4v) is 3.69. The van der Waals surface area contributed by atoms with Gasteiger partial charge in [-0.1, -0.05) is 19.8 Å². The van der Waals surface area contributed by atoms with E-state index in [2.05, 4.69) is 4.72 Å². The standard InChI is InChI=1S/C11H23NO3S/c1-10(9-13)5-4-8-12-16(14,15)11-6-2-3-7-11/h10-13H,2-9H2,1H3. The van der Waals surface area contributed by atoms with Crippen LogP contribution in [0.25, 0.3) is 0 Å². The van der Waals surface area contributed by atoms with Gasteiger partial charge >= 0.3 is 0 Å². The molecule has 1 saturated carbocycles. The molecule has 16 heavy (non-hydrogen) atoms. The van der Waals surface area contributed by atoms with Crippen molar-refractivity contribution in [3.63, 3.8) is 0 Å². The minimum absolute atomic E-state index is 0.164. The van der Waals surface area contributed by atoms with Crippen LogP contribution in [-0.2, 0) is 10.0 Å². The fourth-order valence-electron chi connectivity index (χ4n) is 2.07. The minimum atomic E-state index is -3.08. The zero-order chi connectivity index (χ0) is 12.0. The van der Waals surface area contributed by atoms with Gasteiger partial charge in [0.25, 0.3) is 0 Å². The first-order chi connectivity index (χ1) is 7.56. The average Bonchev–Trinajstić information content (AvgIpc) is 2.78. The molecule has 0 radical (unpaired) electrons. The summed E-state index contributed by atoms with van der Waals surface area (Å²) in [7, 11) is -3.08. The normalized spacial score (nSPS) is 20.1. The molecule has 0 aromatic rings. The van der Waals surface area contributed by atoms with Gasteiger partial charge in [0.05, 0.1) is 5.25 Å². The lowest BCUT2D eigenvalue weighted by molar-refractivity contribution is 0.228. The topological polar surface area (TPSA) is 66.4 Å². The van der Waals surface area contributed by atoms with Crippen LogP contribution in [0.1, 0.15) is 45.4 Å². The van der Waals surface area contributed by atoms with E-state index in [9.17, 15) is 8.42 Å². The van der Waals surface area contributed by atoms with Gasteiger partial charge < -0.3 is 5.11 Å². The summed E-state index contributed by atoms with van der Waals surface area (Å²) in [5, 5.41) is 8.66. The number of aliphatic hydroxyl groups is 1. The lowest BCUT2D eigenvalue weighted by Gasteiger charge is -2.13. The smallest absolute Gasteiger partial charge is 0.214 e. The first kappa shape index (κ1) is 13.9. The summed E-state index contributed by atoms with van der Waals surface area (Å²) in [6, 6.07) is 0. The van der Waals surface area contributed by atoms with Crippen molar-refractivity contribution in [2.24, 2.45) is 5.92 Å². The Kier molecular flexibility index (Phi) is 5.72. The highest BCUT2D eigenvalue weighted by Crippen LogP contribution is 2.23. The SMILES string of the molecule is CC(CO)CCCNS(=O)(=O)C1CCCC1. The Bertz CT molecular complexity index is 284. The molecule has 0 aromatic carbocycles. The van der Waals surface area contributed by atoms with Gasteiger partial charge in [0.15, 0.2) is 0 Å². The molecule has 0 spiro atoms. The highest BCUT2D eigenvalue weighted by atomic mass is 32.2. The Morgan fingerprint density at radius 3 is 2.56 bits per heavy atom. The van der Waals surface area contributed by atoms with Gasteiger partial charge in [0, 0.05) is 13.2 Å². The van der Waals surface area contributed by atoms with Gasteiger partial charge in [-0.3, -0.25) is 0 Å². The third-order valence-corrected chi connectivity index (χ3v) is 5.19. The molecule has 0 aromatic heterocycles. The van der Waals surface area contributed by atoms with E-state index in [0.717, 1.165) is 38.5 Å². The lowest BCUT2D eigenvalue weighted by atomic mass is 10.1. The van der Waals surface area contributed by atoms with Crippen molar-refractivity contribution in [1.82, 2.24) is 4.72 Å². The summed E-state index contributed by atoms with van der Waals surface area (Å²) < 4.78 is 26.2. The maximum absolute atomic E-state index is 11.8. The second-order valence-electron chi connectivity index (χ2n) is 4.78.